The SMILES string of the molecule is CCCC(CCC)n1cnc2ccc(C(=O)O)cc21. The monoisotopic (exact) mass is 260 g/mol. The topological polar surface area (TPSA) is 55.1 Å². The highest BCUT2D eigenvalue weighted by Crippen LogP contribution is 2.25. The summed E-state index contributed by atoms with van der Waals surface area (Å²) in [6.07, 6.45) is 6.26. The summed E-state index contributed by atoms with van der Waals surface area (Å²) in [7, 11) is 0. The van der Waals surface area contributed by atoms with Crippen LogP contribution in [0.25, 0.3) is 11.0 Å². The predicted octanol–water partition coefficient (Wildman–Crippen LogP) is 3.88. The first-order valence-electron chi connectivity index (χ1n) is 6.87. The van der Waals surface area contributed by atoms with Gasteiger partial charge in [0.25, 0.3) is 0 Å². The van der Waals surface area contributed by atoms with Crippen LogP contribution in [0, 0.1) is 0 Å². The van der Waals surface area contributed by atoms with Gasteiger partial charge in [-0.3, -0.25) is 0 Å². The first-order chi connectivity index (χ1) is 9.17. The number of hydrogen-bond donors (Lipinski definition) is 1. The number of rotatable bonds is 6. The molecule has 19 heavy (non-hydrogen) atoms. The number of imidazole rings is 1. The van der Waals surface area contributed by atoms with Crippen LogP contribution in [0.1, 0.15) is 55.9 Å². The van der Waals surface area contributed by atoms with Gasteiger partial charge in [0.2, 0.25) is 0 Å². The Bertz CT molecular complexity index is 569. The minimum absolute atomic E-state index is 0.320. The van der Waals surface area contributed by atoms with E-state index in [1.807, 2.05) is 6.33 Å². The number of fused-ring (bicyclic) bond motifs is 1. The van der Waals surface area contributed by atoms with Gasteiger partial charge in [-0.15, -0.1) is 0 Å². The average Bonchev–Trinajstić information content (AvgIpc) is 2.81. The zero-order chi connectivity index (χ0) is 13.8. The Morgan fingerprint density at radius 3 is 2.58 bits per heavy atom. The summed E-state index contributed by atoms with van der Waals surface area (Å²) >= 11 is 0. The molecule has 0 fully saturated rings. The van der Waals surface area contributed by atoms with Crippen LogP contribution in [0.2, 0.25) is 0 Å². The van der Waals surface area contributed by atoms with E-state index >= 15 is 0 Å². The van der Waals surface area contributed by atoms with E-state index in [9.17, 15) is 4.79 Å². The van der Waals surface area contributed by atoms with Gasteiger partial charge >= 0.3 is 5.97 Å². The molecule has 0 unspecified atom stereocenters. The zero-order valence-corrected chi connectivity index (χ0v) is 11.5. The van der Waals surface area contributed by atoms with Crippen LogP contribution >= 0.6 is 0 Å². The lowest BCUT2D eigenvalue weighted by atomic mass is 10.1. The van der Waals surface area contributed by atoms with Crippen molar-refractivity contribution in [2.45, 2.75) is 45.6 Å². The van der Waals surface area contributed by atoms with Gasteiger partial charge < -0.3 is 9.67 Å². The molecule has 0 aliphatic carbocycles. The van der Waals surface area contributed by atoms with Crippen molar-refractivity contribution in [3.8, 4) is 0 Å². The van der Waals surface area contributed by atoms with Crippen LogP contribution in [-0.2, 0) is 0 Å². The molecule has 102 valence electrons. The number of nitrogens with zero attached hydrogens (tertiary/aromatic N) is 2. The summed E-state index contributed by atoms with van der Waals surface area (Å²) in [5, 5.41) is 9.09. The van der Waals surface area contributed by atoms with Gasteiger partial charge in [-0.1, -0.05) is 26.7 Å². The Labute approximate surface area is 113 Å². The maximum Gasteiger partial charge on any atom is 0.335 e. The van der Waals surface area contributed by atoms with Crippen molar-refractivity contribution in [1.82, 2.24) is 9.55 Å². The van der Waals surface area contributed by atoms with E-state index < -0.39 is 5.97 Å². The van der Waals surface area contributed by atoms with E-state index in [4.69, 9.17) is 5.11 Å². The molecule has 0 atom stereocenters. The molecule has 0 saturated heterocycles. The Balaban J connectivity index is 2.46. The lowest BCUT2D eigenvalue weighted by molar-refractivity contribution is 0.0697. The molecule has 2 aromatic rings. The molecule has 0 saturated carbocycles. The summed E-state index contributed by atoms with van der Waals surface area (Å²) < 4.78 is 2.13. The fourth-order valence-corrected chi connectivity index (χ4v) is 2.54. The van der Waals surface area contributed by atoms with Crippen LogP contribution in [-0.4, -0.2) is 20.6 Å². The first kappa shape index (κ1) is 13.6. The van der Waals surface area contributed by atoms with Crippen LogP contribution in [0.3, 0.4) is 0 Å². The van der Waals surface area contributed by atoms with Crippen molar-refractivity contribution in [1.29, 1.82) is 0 Å². The zero-order valence-electron chi connectivity index (χ0n) is 11.5. The van der Waals surface area contributed by atoms with Gasteiger partial charge in [-0.2, -0.15) is 0 Å². The van der Waals surface area contributed by atoms with Gasteiger partial charge in [0.1, 0.15) is 0 Å². The minimum atomic E-state index is -0.891. The second-order valence-corrected chi connectivity index (χ2v) is 4.89. The number of aromatic carboxylic acids is 1. The highest BCUT2D eigenvalue weighted by molar-refractivity contribution is 5.92. The van der Waals surface area contributed by atoms with E-state index in [0.717, 1.165) is 36.7 Å². The highest BCUT2D eigenvalue weighted by Gasteiger charge is 2.14. The third-order valence-corrected chi connectivity index (χ3v) is 3.46. The van der Waals surface area contributed by atoms with E-state index in [-0.39, 0.29) is 0 Å². The van der Waals surface area contributed by atoms with E-state index in [0.29, 0.717) is 11.6 Å². The fraction of sp³-hybridized carbons (Fsp3) is 0.467. The summed E-state index contributed by atoms with van der Waals surface area (Å²) in [4.78, 5) is 15.4. The van der Waals surface area contributed by atoms with E-state index in [1.165, 1.54) is 0 Å². The van der Waals surface area contributed by atoms with Gasteiger partial charge in [-0.05, 0) is 31.0 Å². The maximum atomic E-state index is 11.1. The smallest absolute Gasteiger partial charge is 0.335 e. The van der Waals surface area contributed by atoms with Gasteiger partial charge in [0, 0.05) is 6.04 Å². The number of carboxylic acid groups (broad SMARTS) is 1. The normalized spacial score (nSPS) is 11.3. The number of hydrogen-bond acceptors (Lipinski definition) is 2. The third kappa shape index (κ3) is 2.78. The Morgan fingerprint density at radius 1 is 1.32 bits per heavy atom. The molecule has 0 aliphatic heterocycles. The quantitative estimate of drug-likeness (QED) is 0.857. The summed E-state index contributed by atoms with van der Waals surface area (Å²) in [5.74, 6) is -0.891. The average molecular weight is 260 g/mol. The molecule has 4 heteroatoms. The van der Waals surface area contributed by atoms with Crippen molar-refractivity contribution in [2.24, 2.45) is 0 Å². The molecule has 0 aliphatic rings. The Morgan fingerprint density at radius 2 is 2.00 bits per heavy atom. The largest absolute Gasteiger partial charge is 0.478 e. The molecule has 1 aromatic carbocycles. The minimum Gasteiger partial charge on any atom is -0.478 e. The van der Waals surface area contributed by atoms with Crippen LogP contribution in [0.5, 0.6) is 0 Å². The standard InChI is InChI=1S/C15H20N2O2/c1-3-5-12(6-4-2)17-10-16-13-8-7-11(15(18)19)9-14(13)17/h7-10,12H,3-6H2,1-2H3,(H,18,19). The van der Waals surface area contributed by atoms with Crippen molar-refractivity contribution in [3.05, 3.63) is 30.1 Å². The van der Waals surface area contributed by atoms with Gasteiger partial charge in [0.15, 0.2) is 0 Å². The van der Waals surface area contributed by atoms with Crippen LogP contribution in [0.15, 0.2) is 24.5 Å². The van der Waals surface area contributed by atoms with Gasteiger partial charge in [-0.25, -0.2) is 9.78 Å². The molecule has 0 radical (unpaired) electrons. The molecule has 4 nitrogen and oxygen atoms in total. The van der Waals surface area contributed by atoms with Crippen LogP contribution < -0.4 is 0 Å². The molecule has 1 heterocycles. The molecular weight excluding hydrogens is 240 g/mol. The highest BCUT2D eigenvalue weighted by atomic mass is 16.4. The fourth-order valence-electron chi connectivity index (χ4n) is 2.54. The van der Waals surface area contributed by atoms with E-state index in [2.05, 4.69) is 23.4 Å². The van der Waals surface area contributed by atoms with Crippen LogP contribution in [0.4, 0.5) is 0 Å². The number of benzene rings is 1. The molecule has 1 N–H and O–H groups in total. The number of carbonyl (C=O) groups is 1. The van der Waals surface area contributed by atoms with Gasteiger partial charge in [0.05, 0.1) is 22.9 Å². The summed E-state index contributed by atoms with van der Waals surface area (Å²) in [6, 6.07) is 5.52. The number of aromatic nitrogens is 2. The molecule has 0 amide bonds. The lowest BCUT2D eigenvalue weighted by Gasteiger charge is -2.18. The molecular formula is C15H20N2O2. The maximum absolute atomic E-state index is 11.1. The second-order valence-electron chi connectivity index (χ2n) is 4.89. The van der Waals surface area contributed by atoms with Crippen molar-refractivity contribution in [2.75, 3.05) is 0 Å². The van der Waals surface area contributed by atoms with Crippen molar-refractivity contribution in [3.63, 3.8) is 0 Å². The van der Waals surface area contributed by atoms with Crippen molar-refractivity contribution >= 4 is 17.0 Å². The number of carboxylic acids is 1. The lowest BCUT2D eigenvalue weighted by Crippen LogP contribution is -2.08. The third-order valence-electron chi connectivity index (χ3n) is 3.46. The summed E-state index contributed by atoms with van der Waals surface area (Å²) in [5.41, 5.74) is 2.11. The Hall–Kier alpha value is -1.84. The molecule has 2 rings (SSSR count). The van der Waals surface area contributed by atoms with Crippen molar-refractivity contribution < 1.29 is 9.90 Å². The predicted molar refractivity (Wildman–Crippen MR) is 75.5 cm³/mol. The summed E-state index contributed by atoms with van der Waals surface area (Å²) in [6.45, 7) is 4.34. The molecule has 0 spiro atoms. The first-order valence-corrected chi connectivity index (χ1v) is 6.87. The Kier molecular flexibility index (Phi) is 4.20. The molecule has 0 bridgehead atoms. The van der Waals surface area contributed by atoms with E-state index in [1.54, 1.807) is 18.2 Å². The molecule has 1 aromatic heterocycles. The second kappa shape index (κ2) is 5.87.